The Hall–Kier alpha value is -3.12. The lowest BCUT2D eigenvalue weighted by molar-refractivity contribution is 0.0993. The van der Waals surface area contributed by atoms with Crippen LogP contribution in [0.2, 0.25) is 0 Å². The van der Waals surface area contributed by atoms with Gasteiger partial charge >= 0.3 is 0 Å². The molecule has 27 heavy (non-hydrogen) atoms. The molecule has 138 valence electrons. The first-order valence-corrected chi connectivity index (χ1v) is 9.88. The van der Waals surface area contributed by atoms with Crippen LogP contribution >= 0.6 is 0 Å². The molecule has 0 bridgehead atoms. The highest BCUT2D eigenvalue weighted by molar-refractivity contribution is 7.92. The van der Waals surface area contributed by atoms with Crippen molar-refractivity contribution in [1.82, 2.24) is 0 Å². The summed E-state index contributed by atoms with van der Waals surface area (Å²) in [6.45, 7) is 1.90. The Kier molecular flexibility index (Phi) is 5.28. The van der Waals surface area contributed by atoms with E-state index < -0.39 is 10.0 Å². The second kappa shape index (κ2) is 7.63. The number of nitrogens with zero attached hydrogens (tertiary/aromatic N) is 1. The number of nitrogens with one attached hydrogen (secondary N) is 1. The molecule has 0 fully saturated rings. The first-order valence-electron chi connectivity index (χ1n) is 8.39. The summed E-state index contributed by atoms with van der Waals surface area (Å²) in [5, 5.41) is 0. The number of aryl methyl sites for hydroxylation is 1. The van der Waals surface area contributed by atoms with Crippen LogP contribution in [0.3, 0.4) is 0 Å². The van der Waals surface area contributed by atoms with Crippen LogP contribution in [0.4, 0.5) is 11.4 Å². The summed E-state index contributed by atoms with van der Waals surface area (Å²) < 4.78 is 27.7. The number of amides is 1. The van der Waals surface area contributed by atoms with Gasteiger partial charge in [-0.15, -0.1) is 0 Å². The summed E-state index contributed by atoms with van der Waals surface area (Å²) in [4.78, 5) is 14.3. The summed E-state index contributed by atoms with van der Waals surface area (Å²) in [5.74, 6) is -0.172. The van der Waals surface area contributed by atoms with Crippen molar-refractivity contribution in [1.29, 1.82) is 0 Å². The number of hydrogen-bond acceptors (Lipinski definition) is 3. The summed E-state index contributed by atoms with van der Waals surface area (Å²) in [6.07, 6.45) is 0. The van der Waals surface area contributed by atoms with Crippen molar-refractivity contribution in [3.63, 3.8) is 0 Å². The van der Waals surface area contributed by atoms with Crippen LogP contribution in [0, 0.1) is 6.92 Å². The fraction of sp³-hybridized carbons (Fsp3) is 0.0952. The number of benzene rings is 3. The lowest BCUT2D eigenvalue weighted by atomic mass is 10.2. The van der Waals surface area contributed by atoms with Gasteiger partial charge < -0.3 is 4.90 Å². The van der Waals surface area contributed by atoms with Crippen LogP contribution in [0.25, 0.3) is 0 Å². The molecule has 1 amide bonds. The molecule has 0 atom stereocenters. The van der Waals surface area contributed by atoms with E-state index >= 15 is 0 Å². The molecule has 3 rings (SSSR count). The predicted molar refractivity (Wildman–Crippen MR) is 108 cm³/mol. The molecule has 1 N–H and O–H groups in total. The van der Waals surface area contributed by atoms with Gasteiger partial charge in [0, 0.05) is 18.3 Å². The highest BCUT2D eigenvalue weighted by atomic mass is 32.2. The second-order valence-corrected chi connectivity index (χ2v) is 7.88. The van der Waals surface area contributed by atoms with Gasteiger partial charge in [0.1, 0.15) is 0 Å². The van der Waals surface area contributed by atoms with Gasteiger partial charge in [0.05, 0.1) is 10.6 Å². The molecule has 0 saturated heterocycles. The molecular weight excluding hydrogens is 360 g/mol. The highest BCUT2D eigenvalue weighted by Crippen LogP contribution is 2.23. The lowest BCUT2D eigenvalue weighted by Crippen LogP contribution is -2.26. The zero-order valence-electron chi connectivity index (χ0n) is 15.1. The van der Waals surface area contributed by atoms with Gasteiger partial charge in [0.2, 0.25) is 0 Å². The SMILES string of the molecule is Cc1ccc(S(=O)(=O)Nc2cccc(N(C)C(=O)c3ccccc3)c2)cc1. The number of carbonyl (C=O) groups is 1. The van der Waals surface area contributed by atoms with Gasteiger partial charge in [-0.3, -0.25) is 9.52 Å². The first-order chi connectivity index (χ1) is 12.9. The average Bonchev–Trinajstić information content (AvgIpc) is 2.67. The van der Waals surface area contributed by atoms with Crippen molar-refractivity contribution in [3.05, 3.63) is 90.0 Å². The Bertz CT molecular complexity index is 1050. The summed E-state index contributed by atoms with van der Waals surface area (Å²) in [5.41, 5.74) is 2.52. The van der Waals surface area contributed by atoms with E-state index in [0.29, 0.717) is 16.9 Å². The van der Waals surface area contributed by atoms with Gasteiger partial charge in [0.15, 0.2) is 0 Å². The van der Waals surface area contributed by atoms with E-state index in [4.69, 9.17) is 0 Å². The maximum absolute atomic E-state index is 12.6. The van der Waals surface area contributed by atoms with Crippen LogP contribution in [-0.2, 0) is 10.0 Å². The van der Waals surface area contributed by atoms with Crippen molar-refractivity contribution < 1.29 is 13.2 Å². The number of sulfonamides is 1. The third kappa shape index (κ3) is 4.35. The zero-order valence-corrected chi connectivity index (χ0v) is 15.9. The van der Waals surface area contributed by atoms with Gasteiger partial charge in [-0.25, -0.2) is 8.42 Å². The van der Waals surface area contributed by atoms with Crippen LogP contribution in [0.15, 0.2) is 83.8 Å². The maximum Gasteiger partial charge on any atom is 0.261 e. The largest absolute Gasteiger partial charge is 0.311 e. The summed E-state index contributed by atoms with van der Waals surface area (Å²) in [6, 6.07) is 22.3. The quantitative estimate of drug-likeness (QED) is 0.725. The molecule has 5 nitrogen and oxygen atoms in total. The van der Waals surface area contributed by atoms with Crippen LogP contribution in [0.5, 0.6) is 0 Å². The molecule has 6 heteroatoms. The van der Waals surface area contributed by atoms with Crippen molar-refractivity contribution in [3.8, 4) is 0 Å². The minimum Gasteiger partial charge on any atom is -0.311 e. The van der Waals surface area contributed by atoms with E-state index in [1.54, 1.807) is 79.8 Å². The minimum atomic E-state index is -3.70. The van der Waals surface area contributed by atoms with E-state index in [0.717, 1.165) is 5.56 Å². The topological polar surface area (TPSA) is 66.5 Å². The van der Waals surface area contributed by atoms with Gasteiger partial charge in [-0.2, -0.15) is 0 Å². The Labute approximate surface area is 159 Å². The Morgan fingerprint density at radius 1 is 0.889 bits per heavy atom. The second-order valence-electron chi connectivity index (χ2n) is 6.20. The fourth-order valence-electron chi connectivity index (χ4n) is 2.60. The van der Waals surface area contributed by atoms with Crippen LogP contribution in [0.1, 0.15) is 15.9 Å². The van der Waals surface area contributed by atoms with Crippen molar-refractivity contribution in [2.24, 2.45) is 0 Å². The normalized spacial score (nSPS) is 11.0. The Morgan fingerprint density at radius 2 is 1.56 bits per heavy atom. The smallest absolute Gasteiger partial charge is 0.261 e. The Balaban J connectivity index is 1.83. The lowest BCUT2D eigenvalue weighted by Gasteiger charge is -2.18. The summed E-state index contributed by atoms with van der Waals surface area (Å²) in [7, 11) is -2.04. The van der Waals surface area contributed by atoms with Gasteiger partial charge in [0.25, 0.3) is 15.9 Å². The number of hydrogen-bond donors (Lipinski definition) is 1. The average molecular weight is 380 g/mol. The van der Waals surface area contributed by atoms with Crippen LogP contribution in [-0.4, -0.2) is 21.4 Å². The molecule has 0 saturated carbocycles. The number of anilines is 2. The molecule has 0 aromatic heterocycles. The molecule has 3 aromatic carbocycles. The Morgan fingerprint density at radius 3 is 2.22 bits per heavy atom. The van der Waals surface area contributed by atoms with Gasteiger partial charge in [-0.05, 0) is 49.4 Å². The standard InChI is InChI=1S/C21H20N2O3S/c1-16-11-13-20(14-12-16)27(25,26)22-18-9-6-10-19(15-18)23(2)21(24)17-7-4-3-5-8-17/h3-15,22H,1-2H3. The third-order valence-electron chi connectivity index (χ3n) is 4.14. The molecule has 0 radical (unpaired) electrons. The fourth-order valence-corrected chi connectivity index (χ4v) is 3.65. The molecule has 3 aromatic rings. The van der Waals surface area contributed by atoms with Gasteiger partial charge in [-0.1, -0.05) is 42.0 Å². The molecule has 0 aliphatic rings. The predicted octanol–water partition coefficient (Wildman–Crippen LogP) is 4.07. The monoisotopic (exact) mass is 380 g/mol. The molecule has 0 aliphatic heterocycles. The van der Waals surface area contributed by atoms with Crippen molar-refractivity contribution in [2.45, 2.75) is 11.8 Å². The van der Waals surface area contributed by atoms with E-state index in [9.17, 15) is 13.2 Å². The summed E-state index contributed by atoms with van der Waals surface area (Å²) >= 11 is 0. The minimum absolute atomic E-state index is 0.172. The van der Waals surface area contributed by atoms with E-state index in [-0.39, 0.29) is 10.8 Å². The van der Waals surface area contributed by atoms with Crippen molar-refractivity contribution in [2.75, 3.05) is 16.7 Å². The number of carbonyl (C=O) groups excluding carboxylic acids is 1. The highest BCUT2D eigenvalue weighted by Gasteiger charge is 2.16. The van der Waals surface area contributed by atoms with E-state index in [2.05, 4.69) is 4.72 Å². The van der Waals surface area contributed by atoms with E-state index in [1.807, 2.05) is 13.0 Å². The zero-order chi connectivity index (χ0) is 19.4. The number of rotatable bonds is 5. The van der Waals surface area contributed by atoms with Crippen LogP contribution < -0.4 is 9.62 Å². The molecule has 0 heterocycles. The molecule has 0 spiro atoms. The third-order valence-corrected chi connectivity index (χ3v) is 5.54. The maximum atomic E-state index is 12.6. The first kappa shape index (κ1) is 18.7. The van der Waals surface area contributed by atoms with E-state index in [1.165, 1.54) is 4.90 Å². The molecular formula is C21H20N2O3S. The molecule has 0 aliphatic carbocycles. The van der Waals surface area contributed by atoms with Crippen molar-refractivity contribution >= 4 is 27.3 Å². The molecule has 0 unspecified atom stereocenters.